The molecule has 4 nitrogen and oxygen atoms in total. The first kappa shape index (κ1) is 11.6. The van der Waals surface area contributed by atoms with Gasteiger partial charge in [-0.2, -0.15) is 5.10 Å². The summed E-state index contributed by atoms with van der Waals surface area (Å²) in [5.74, 6) is 0.653. The quantitative estimate of drug-likeness (QED) is 0.883. The van der Waals surface area contributed by atoms with Crippen LogP contribution in [0.1, 0.15) is 19.8 Å². The van der Waals surface area contributed by atoms with Crippen molar-refractivity contribution in [1.29, 1.82) is 0 Å². The topological polar surface area (TPSA) is 47.0 Å². The zero-order valence-corrected chi connectivity index (χ0v) is 10.1. The highest BCUT2D eigenvalue weighted by Gasteiger charge is 2.20. The van der Waals surface area contributed by atoms with Crippen molar-refractivity contribution in [2.75, 3.05) is 18.5 Å². The van der Waals surface area contributed by atoms with Crippen LogP contribution < -0.4 is 5.32 Å². The Kier molecular flexibility index (Phi) is 3.96. The second-order valence-corrected chi connectivity index (χ2v) is 4.54. The minimum Gasteiger partial charge on any atom is -0.381 e. The Morgan fingerprint density at radius 3 is 2.94 bits per heavy atom. The third kappa shape index (κ3) is 3.06. The molecule has 1 aliphatic rings. The van der Waals surface area contributed by atoms with Gasteiger partial charge in [0.15, 0.2) is 5.15 Å². The molecule has 1 aromatic heterocycles. The van der Waals surface area contributed by atoms with Crippen LogP contribution in [0, 0.1) is 5.92 Å². The molecule has 2 heterocycles. The molecule has 1 atom stereocenters. The molecule has 1 unspecified atom stereocenters. The van der Waals surface area contributed by atoms with Crippen LogP contribution in [0.25, 0.3) is 0 Å². The van der Waals surface area contributed by atoms with Gasteiger partial charge in [-0.25, -0.2) is 0 Å². The Labute approximate surface area is 100 Å². The van der Waals surface area contributed by atoms with Gasteiger partial charge in [0.2, 0.25) is 0 Å². The lowest BCUT2D eigenvalue weighted by Gasteiger charge is -2.28. The zero-order valence-electron chi connectivity index (χ0n) is 9.32. The lowest BCUT2D eigenvalue weighted by Crippen LogP contribution is -2.31. The molecular weight excluding hydrogens is 226 g/mol. The molecule has 2 rings (SSSR count). The van der Waals surface area contributed by atoms with Gasteiger partial charge in [0.05, 0.1) is 11.9 Å². The van der Waals surface area contributed by atoms with Gasteiger partial charge in [-0.1, -0.05) is 11.6 Å². The van der Waals surface area contributed by atoms with Crippen LogP contribution in [-0.2, 0) is 4.74 Å². The molecule has 1 fully saturated rings. The van der Waals surface area contributed by atoms with Crippen molar-refractivity contribution in [3.05, 3.63) is 17.4 Å². The monoisotopic (exact) mass is 241 g/mol. The number of hydrogen-bond donors (Lipinski definition) is 1. The predicted octanol–water partition coefficient (Wildman–Crippen LogP) is 2.36. The average Bonchev–Trinajstić information content (AvgIpc) is 2.30. The molecule has 0 radical (unpaired) electrons. The largest absolute Gasteiger partial charge is 0.381 e. The molecule has 1 aliphatic heterocycles. The van der Waals surface area contributed by atoms with E-state index in [9.17, 15) is 0 Å². The second-order valence-electron chi connectivity index (χ2n) is 4.15. The second kappa shape index (κ2) is 5.46. The molecule has 1 N–H and O–H groups in total. The van der Waals surface area contributed by atoms with Gasteiger partial charge in [-0.3, -0.25) is 0 Å². The summed E-state index contributed by atoms with van der Waals surface area (Å²) in [7, 11) is 0. The van der Waals surface area contributed by atoms with Crippen LogP contribution in [0.5, 0.6) is 0 Å². The number of anilines is 1. The summed E-state index contributed by atoms with van der Waals surface area (Å²) < 4.78 is 5.35. The first-order chi connectivity index (χ1) is 7.75. The van der Waals surface area contributed by atoms with Crippen molar-refractivity contribution in [2.24, 2.45) is 5.92 Å². The maximum Gasteiger partial charge on any atom is 0.153 e. The Balaban J connectivity index is 1.93. The molecule has 0 bridgehead atoms. The van der Waals surface area contributed by atoms with Gasteiger partial charge in [0, 0.05) is 25.3 Å². The number of nitrogens with one attached hydrogen (secondary N) is 1. The van der Waals surface area contributed by atoms with E-state index in [1.807, 2.05) is 0 Å². The van der Waals surface area contributed by atoms with E-state index in [2.05, 4.69) is 22.4 Å². The summed E-state index contributed by atoms with van der Waals surface area (Å²) in [5, 5.41) is 11.4. The van der Waals surface area contributed by atoms with Crippen molar-refractivity contribution >= 4 is 17.3 Å². The first-order valence-corrected chi connectivity index (χ1v) is 5.96. The summed E-state index contributed by atoms with van der Waals surface area (Å²) in [6, 6.07) is 2.20. The van der Waals surface area contributed by atoms with E-state index in [1.54, 1.807) is 12.3 Å². The van der Waals surface area contributed by atoms with Crippen molar-refractivity contribution < 1.29 is 4.74 Å². The van der Waals surface area contributed by atoms with Gasteiger partial charge in [-0.15, -0.1) is 5.10 Å². The third-order valence-corrected chi connectivity index (χ3v) is 3.18. The molecule has 0 amide bonds. The molecule has 1 saturated heterocycles. The highest BCUT2D eigenvalue weighted by atomic mass is 35.5. The van der Waals surface area contributed by atoms with E-state index in [-0.39, 0.29) is 0 Å². The molecule has 88 valence electrons. The minimum absolute atomic E-state index is 0.407. The lowest BCUT2D eigenvalue weighted by atomic mass is 9.93. The molecule has 5 heteroatoms. The maximum atomic E-state index is 5.78. The third-order valence-electron chi connectivity index (χ3n) is 2.99. The Bertz CT molecular complexity index is 342. The normalized spacial score (nSPS) is 19.4. The summed E-state index contributed by atoms with van der Waals surface area (Å²) >= 11 is 5.78. The molecular formula is C11H16ClN3O. The van der Waals surface area contributed by atoms with Crippen LogP contribution in [-0.4, -0.2) is 29.5 Å². The average molecular weight is 242 g/mol. The van der Waals surface area contributed by atoms with Gasteiger partial charge in [-0.05, 0) is 25.7 Å². The van der Waals surface area contributed by atoms with Crippen LogP contribution in [0.4, 0.5) is 5.69 Å². The fourth-order valence-electron chi connectivity index (χ4n) is 2.02. The fourth-order valence-corrected chi connectivity index (χ4v) is 2.18. The minimum atomic E-state index is 0.407. The standard InChI is InChI=1S/C11H16ClN3O/c1-8(9-2-4-16-5-3-9)14-10-6-11(12)15-13-7-10/h6-9H,2-5H2,1H3,(H,14,15). The van der Waals surface area contributed by atoms with E-state index in [0.717, 1.165) is 31.7 Å². The van der Waals surface area contributed by atoms with E-state index >= 15 is 0 Å². The van der Waals surface area contributed by atoms with E-state index < -0.39 is 0 Å². The van der Waals surface area contributed by atoms with Crippen molar-refractivity contribution in [2.45, 2.75) is 25.8 Å². The zero-order chi connectivity index (χ0) is 11.4. The molecule has 0 aliphatic carbocycles. The Hall–Kier alpha value is -0.870. The van der Waals surface area contributed by atoms with Gasteiger partial charge >= 0.3 is 0 Å². The van der Waals surface area contributed by atoms with Gasteiger partial charge in [0.1, 0.15) is 0 Å². The highest BCUT2D eigenvalue weighted by Crippen LogP contribution is 2.22. The SMILES string of the molecule is CC(Nc1cnnc(Cl)c1)C1CCOCC1. The van der Waals surface area contributed by atoms with E-state index in [0.29, 0.717) is 17.1 Å². The summed E-state index contributed by atoms with van der Waals surface area (Å²) in [6.07, 6.45) is 3.92. The summed E-state index contributed by atoms with van der Waals surface area (Å²) in [4.78, 5) is 0. The number of ether oxygens (including phenoxy) is 1. The predicted molar refractivity (Wildman–Crippen MR) is 63.7 cm³/mol. The van der Waals surface area contributed by atoms with Crippen LogP contribution in [0.15, 0.2) is 12.3 Å². The smallest absolute Gasteiger partial charge is 0.153 e. The molecule has 0 saturated carbocycles. The number of halogens is 1. The number of aromatic nitrogens is 2. The highest BCUT2D eigenvalue weighted by molar-refractivity contribution is 6.29. The van der Waals surface area contributed by atoms with E-state index in [1.165, 1.54) is 0 Å². The van der Waals surface area contributed by atoms with Crippen LogP contribution in [0.2, 0.25) is 5.15 Å². The van der Waals surface area contributed by atoms with Crippen molar-refractivity contribution in [1.82, 2.24) is 10.2 Å². The Morgan fingerprint density at radius 2 is 2.25 bits per heavy atom. The number of rotatable bonds is 3. The Morgan fingerprint density at radius 1 is 1.50 bits per heavy atom. The number of hydrogen-bond acceptors (Lipinski definition) is 4. The number of nitrogens with zero attached hydrogens (tertiary/aromatic N) is 2. The molecule has 16 heavy (non-hydrogen) atoms. The fraction of sp³-hybridized carbons (Fsp3) is 0.636. The van der Waals surface area contributed by atoms with Crippen LogP contribution in [0.3, 0.4) is 0 Å². The molecule has 0 aromatic carbocycles. The first-order valence-electron chi connectivity index (χ1n) is 5.58. The summed E-state index contributed by atoms with van der Waals surface area (Å²) in [6.45, 7) is 3.92. The molecule has 1 aromatic rings. The van der Waals surface area contributed by atoms with Crippen molar-refractivity contribution in [3.63, 3.8) is 0 Å². The lowest BCUT2D eigenvalue weighted by molar-refractivity contribution is 0.0622. The van der Waals surface area contributed by atoms with Gasteiger partial charge < -0.3 is 10.1 Å². The van der Waals surface area contributed by atoms with E-state index in [4.69, 9.17) is 16.3 Å². The van der Waals surface area contributed by atoms with Crippen molar-refractivity contribution in [3.8, 4) is 0 Å². The summed E-state index contributed by atoms with van der Waals surface area (Å²) in [5.41, 5.74) is 0.930. The maximum absolute atomic E-state index is 5.78. The van der Waals surface area contributed by atoms with Gasteiger partial charge in [0.25, 0.3) is 0 Å². The molecule has 0 spiro atoms. The van der Waals surface area contributed by atoms with Crippen LogP contribution >= 0.6 is 11.6 Å².